The Labute approximate surface area is 143 Å². The minimum atomic E-state index is -0.208. The molecular formula is C12H10N6O2S3. The molecule has 1 N–H and O–H groups in total. The maximum Gasteiger partial charge on any atom is 0.277 e. The van der Waals surface area contributed by atoms with Crippen LogP contribution in [0.3, 0.4) is 0 Å². The Kier molecular flexibility index (Phi) is 5.20. The SMILES string of the molecule is CSc1nnc(NC(=O)CSc2nnc(-c3cccnc3)o2)s1. The number of hydrogen-bond donors (Lipinski definition) is 1. The van der Waals surface area contributed by atoms with Crippen LogP contribution in [0.1, 0.15) is 0 Å². The molecular weight excluding hydrogens is 356 g/mol. The van der Waals surface area contributed by atoms with Crippen LogP contribution in [0.15, 0.2) is 38.5 Å². The topological polar surface area (TPSA) is 107 Å². The number of nitrogens with one attached hydrogen (secondary N) is 1. The number of carbonyl (C=O) groups is 1. The van der Waals surface area contributed by atoms with Gasteiger partial charge in [-0.25, -0.2) is 0 Å². The zero-order valence-corrected chi connectivity index (χ0v) is 14.2. The molecule has 0 saturated heterocycles. The summed E-state index contributed by atoms with van der Waals surface area (Å²) >= 11 is 3.96. The summed E-state index contributed by atoms with van der Waals surface area (Å²) in [5.74, 6) is 0.303. The van der Waals surface area contributed by atoms with Crippen molar-refractivity contribution in [3.63, 3.8) is 0 Å². The van der Waals surface area contributed by atoms with Gasteiger partial charge in [0.15, 0.2) is 4.34 Å². The third-order valence-electron chi connectivity index (χ3n) is 2.47. The summed E-state index contributed by atoms with van der Waals surface area (Å²) in [6.07, 6.45) is 5.20. The molecule has 3 heterocycles. The number of hydrogen-bond acceptors (Lipinski definition) is 10. The lowest BCUT2D eigenvalue weighted by Crippen LogP contribution is -2.13. The largest absolute Gasteiger partial charge is 0.411 e. The van der Waals surface area contributed by atoms with Gasteiger partial charge in [-0.05, 0) is 18.4 Å². The molecule has 0 atom stereocenters. The van der Waals surface area contributed by atoms with Crippen LogP contribution < -0.4 is 5.32 Å². The second-order valence-electron chi connectivity index (χ2n) is 4.03. The van der Waals surface area contributed by atoms with Crippen molar-refractivity contribution in [1.82, 2.24) is 25.4 Å². The number of pyridine rings is 1. The maximum absolute atomic E-state index is 11.9. The van der Waals surface area contributed by atoms with E-state index in [0.29, 0.717) is 16.2 Å². The molecule has 1 amide bonds. The molecule has 23 heavy (non-hydrogen) atoms. The van der Waals surface area contributed by atoms with Crippen molar-refractivity contribution in [2.45, 2.75) is 9.56 Å². The van der Waals surface area contributed by atoms with Crippen molar-refractivity contribution in [2.75, 3.05) is 17.3 Å². The quantitative estimate of drug-likeness (QED) is 0.520. The van der Waals surface area contributed by atoms with Crippen molar-refractivity contribution in [3.8, 4) is 11.5 Å². The molecule has 0 radical (unpaired) electrons. The zero-order valence-electron chi connectivity index (χ0n) is 11.8. The van der Waals surface area contributed by atoms with E-state index in [4.69, 9.17) is 4.42 Å². The summed E-state index contributed by atoms with van der Waals surface area (Å²) in [4.78, 5) is 15.8. The van der Waals surface area contributed by atoms with Gasteiger partial charge in [0, 0.05) is 12.4 Å². The van der Waals surface area contributed by atoms with Crippen LogP contribution in [0.2, 0.25) is 0 Å². The first-order chi connectivity index (χ1) is 11.2. The van der Waals surface area contributed by atoms with Gasteiger partial charge in [-0.2, -0.15) is 0 Å². The van der Waals surface area contributed by atoms with Crippen LogP contribution >= 0.6 is 34.9 Å². The Balaban J connectivity index is 1.54. The van der Waals surface area contributed by atoms with Gasteiger partial charge in [0.05, 0.1) is 11.3 Å². The number of anilines is 1. The highest BCUT2D eigenvalue weighted by atomic mass is 32.2. The lowest BCUT2D eigenvalue weighted by molar-refractivity contribution is -0.113. The normalized spacial score (nSPS) is 10.7. The summed E-state index contributed by atoms with van der Waals surface area (Å²) < 4.78 is 6.28. The van der Waals surface area contributed by atoms with Gasteiger partial charge in [0.2, 0.25) is 16.9 Å². The van der Waals surface area contributed by atoms with Crippen LogP contribution in [0.25, 0.3) is 11.5 Å². The Morgan fingerprint density at radius 2 is 2.26 bits per heavy atom. The molecule has 3 aromatic rings. The first-order valence-corrected chi connectivity index (χ1v) is 9.31. The number of rotatable bonds is 6. The average Bonchev–Trinajstić information content (AvgIpc) is 3.23. The van der Waals surface area contributed by atoms with E-state index >= 15 is 0 Å². The number of carbonyl (C=O) groups excluding carboxylic acids is 1. The summed E-state index contributed by atoms with van der Waals surface area (Å²) in [5, 5.41) is 19.1. The zero-order chi connectivity index (χ0) is 16.1. The van der Waals surface area contributed by atoms with E-state index in [1.165, 1.54) is 23.1 Å². The number of nitrogens with zero attached hydrogens (tertiary/aromatic N) is 5. The van der Waals surface area contributed by atoms with Gasteiger partial charge in [0.25, 0.3) is 5.22 Å². The van der Waals surface area contributed by atoms with E-state index in [1.807, 2.05) is 12.3 Å². The van der Waals surface area contributed by atoms with E-state index in [-0.39, 0.29) is 11.7 Å². The predicted octanol–water partition coefficient (Wildman–Crippen LogP) is 2.44. The van der Waals surface area contributed by atoms with Crippen LogP contribution in [0, 0.1) is 0 Å². The van der Waals surface area contributed by atoms with Crippen molar-refractivity contribution < 1.29 is 9.21 Å². The monoisotopic (exact) mass is 366 g/mol. The van der Waals surface area contributed by atoms with Gasteiger partial charge in [-0.1, -0.05) is 34.9 Å². The highest BCUT2D eigenvalue weighted by molar-refractivity contribution is 8.00. The minimum Gasteiger partial charge on any atom is -0.411 e. The van der Waals surface area contributed by atoms with Crippen LogP contribution in [0.5, 0.6) is 0 Å². The van der Waals surface area contributed by atoms with Gasteiger partial charge in [-0.15, -0.1) is 20.4 Å². The van der Waals surface area contributed by atoms with Crippen LogP contribution in [-0.4, -0.2) is 43.3 Å². The fraction of sp³-hybridized carbons (Fsp3) is 0.167. The maximum atomic E-state index is 11.9. The molecule has 11 heteroatoms. The predicted molar refractivity (Wildman–Crippen MR) is 88.6 cm³/mol. The fourth-order valence-electron chi connectivity index (χ4n) is 1.50. The number of thioether (sulfide) groups is 2. The number of aromatic nitrogens is 5. The molecule has 0 saturated carbocycles. The molecule has 118 valence electrons. The summed E-state index contributed by atoms with van der Waals surface area (Å²) in [6, 6.07) is 3.60. The third-order valence-corrected chi connectivity index (χ3v) is 5.10. The second-order valence-corrected chi connectivity index (χ2v) is 6.99. The van der Waals surface area contributed by atoms with Gasteiger partial charge in [0.1, 0.15) is 0 Å². The van der Waals surface area contributed by atoms with E-state index in [0.717, 1.165) is 21.7 Å². The highest BCUT2D eigenvalue weighted by Crippen LogP contribution is 2.24. The van der Waals surface area contributed by atoms with Gasteiger partial charge < -0.3 is 4.42 Å². The van der Waals surface area contributed by atoms with Crippen molar-refractivity contribution in [3.05, 3.63) is 24.5 Å². The third kappa shape index (κ3) is 4.27. The highest BCUT2D eigenvalue weighted by Gasteiger charge is 2.12. The van der Waals surface area contributed by atoms with E-state index in [9.17, 15) is 4.79 Å². The first kappa shape index (κ1) is 15.9. The first-order valence-electron chi connectivity index (χ1n) is 6.28. The van der Waals surface area contributed by atoms with Gasteiger partial charge >= 0.3 is 0 Å². The molecule has 3 aromatic heterocycles. The van der Waals surface area contributed by atoms with Crippen LogP contribution in [0.4, 0.5) is 5.13 Å². The van der Waals surface area contributed by atoms with Crippen molar-refractivity contribution >= 4 is 45.9 Å². The summed E-state index contributed by atoms with van der Waals surface area (Å²) in [7, 11) is 0. The van der Waals surface area contributed by atoms with Crippen molar-refractivity contribution in [1.29, 1.82) is 0 Å². The Hall–Kier alpha value is -1.98. The molecule has 0 aromatic carbocycles. The standard InChI is InChI=1S/C12H10N6O2S3/c1-21-12-18-16-10(23-12)14-8(19)6-22-11-17-15-9(20-11)7-3-2-4-13-5-7/h2-5H,6H2,1H3,(H,14,16,19). The molecule has 0 fully saturated rings. The van der Waals surface area contributed by atoms with E-state index < -0.39 is 0 Å². The molecule has 0 unspecified atom stereocenters. The smallest absolute Gasteiger partial charge is 0.277 e. The Morgan fingerprint density at radius 1 is 1.35 bits per heavy atom. The minimum absolute atomic E-state index is 0.142. The average molecular weight is 366 g/mol. The summed E-state index contributed by atoms with van der Waals surface area (Å²) in [5.41, 5.74) is 0.731. The lowest BCUT2D eigenvalue weighted by Gasteiger charge is -1.97. The fourth-order valence-corrected chi connectivity index (χ4v) is 3.25. The van der Waals surface area contributed by atoms with Crippen LogP contribution in [-0.2, 0) is 4.79 Å². The van der Waals surface area contributed by atoms with E-state index in [2.05, 4.69) is 30.7 Å². The molecule has 0 spiro atoms. The van der Waals surface area contributed by atoms with E-state index in [1.54, 1.807) is 18.5 Å². The Bertz CT molecular complexity index is 791. The molecule has 0 aliphatic carbocycles. The Morgan fingerprint density at radius 3 is 3.00 bits per heavy atom. The molecule has 0 aliphatic heterocycles. The van der Waals surface area contributed by atoms with Gasteiger partial charge in [-0.3, -0.25) is 15.1 Å². The lowest BCUT2D eigenvalue weighted by atomic mass is 10.3. The molecule has 8 nitrogen and oxygen atoms in total. The summed E-state index contributed by atoms with van der Waals surface area (Å²) in [6.45, 7) is 0. The number of amides is 1. The van der Waals surface area contributed by atoms with Crippen molar-refractivity contribution in [2.24, 2.45) is 0 Å². The molecule has 0 aliphatic rings. The second kappa shape index (κ2) is 7.53. The molecule has 3 rings (SSSR count). The molecule has 0 bridgehead atoms.